The molecule has 1 heterocycles. The van der Waals surface area contributed by atoms with Gasteiger partial charge in [-0.25, -0.2) is 0 Å². The van der Waals surface area contributed by atoms with E-state index in [0.29, 0.717) is 12.6 Å². The minimum Gasteiger partial charge on any atom is -0.380 e. The summed E-state index contributed by atoms with van der Waals surface area (Å²) in [6, 6.07) is 0.512. The normalized spacial score (nSPS) is 28.3. The molecular weight excluding hydrogens is 210 g/mol. The average Bonchev–Trinajstić information content (AvgIpc) is 2.67. The van der Waals surface area contributed by atoms with Gasteiger partial charge < -0.3 is 14.4 Å². The zero-order valence-corrected chi connectivity index (χ0v) is 10.7. The van der Waals surface area contributed by atoms with Crippen LogP contribution in [0.2, 0.25) is 0 Å². The summed E-state index contributed by atoms with van der Waals surface area (Å²) in [7, 11) is 2.09. The van der Waals surface area contributed by atoms with E-state index in [4.69, 9.17) is 4.74 Å². The Bertz CT molecular complexity index is 205. The Morgan fingerprint density at radius 2 is 2.40 bits per heavy atom. The van der Waals surface area contributed by atoms with Crippen LogP contribution in [0.5, 0.6) is 0 Å². The quantitative estimate of drug-likeness (QED) is 0.644. The van der Waals surface area contributed by atoms with Gasteiger partial charge in [0.25, 0.3) is 0 Å². The molecule has 0 radical (unpaired) electrons. The van der Waals surface area contributed by atoms with E-state index >= 15 is 0 Å². The summed E-state index contributed by atoms with van der Waals surface area (Å²) >= 11 is 1.84. The van der Waals surface area contributed by atoms with E-state index in [2.05, 4.69) is 25.1 Å². The maximum Gasteiger partial charge on any atom is 0.129 e. The molecule has 0 aliphatic carbocycles. The van der Waals surface area contributed by atoms with Crippen molar-refractivity contribution >= 4 is 18.0 Å². The highest BCUT2D eigenvalue weighted by molar-refractivity contribution is 7.98. The zero-order chi connectivity index (χ0) is 11.3. The van der Waals surface area contributed by atoms with Crippen LogP contribution in [0.4, 0.5) is 0 Å². The van der Waals surface area contributed by atoms with Crippen LogP contribution >= 0.6 is 11.8 Å². The molecule has 0 amide bonds. The van der Waals surface area contributed by atoms with Gasteiger partial charge in [-0.2, -0.15) is 11.8 Å². The van der Waals surface area contributed by atoms with E-state index in [0.717, 1.165) is 31.6 Å². The minimum absolute atomic E-state index is 0.249. The molecule has 0 spiro atoms. The highest BCUT2D eigenvalue weighted by Crippen LogP contribution is 2.27. The summed E-state index contributed by atoms with van der Waals surface area (Å²) in [5.74, 6) is 1.10. The summed E-state index contributed by atoms with van der Waals surface area (Å²) in [4.78, 5) is 13.4. The lowest BCUT2D eigenvalue weighted by Crippen LogP contribution is -2.42. The molecule has 2 atom stereocenters. The van der Waals surface area contributed by atoms with Crippen molar-refractivity contribution in [3.8, 4) is 0 Å². The molecule has 0 aromatic heterocycles. The van der Waals surface area contributed by atoms with Crippen LogP contribution < -0.4 is 0 Å². The van der Waals surface area contributed by atoms with Gasteiger partial charge in [-0.3, -0.25) is 0 Å². The first-order valence-corrected chi connectivity index (χ1v) is 6.76. The van der Waals surface area contributed by atoms with E-state index in [1.807, 2.05) is 11.8 Å². The van der Waals surface area contributed by atoms with Gasteiger partial charge in [-0.05, 0) is 26.6 Å². The second-order valence-corrected chi connectivity index (χ2v) is 5.41. The van der Waals surface area contributed by atoms with Gasteiger partial charge in [-0.15, -0.1) is 0 Å². The third-order valence-electron chi connectivity index (χ3n) is 3.11. The summed E-state index contributed by atoms with van der Waals surface area (Å²) in [5, 5.41) is 0. The van der Waals surface area contributed by atoms with Gasteiger partial charge in [-0.1, -0.05) is 0 Å². The maximum absolute atomic E-state index is 11.1. The second-order valence-electron chi connectivity index (χ2n) is 4.50. The van der Waals surface area contributed by atoms with Gasteiger partial charge >= 0.3 is 0 Å². The van der Waals surface area contributed by atoms with Crippen molar-refractivity contribution in [1.29, 1.82) is 0 Å². The van der Waals surface area contributed by atoms with Crippen molar-refractivity contribution in [2.75, 3.05) is 38.8 Å². The number of ether oxygens (including phenoxy) is 1. The molecule has 1 rings (SSSR count). The van der Waals surface area contributed by atoms with Crippen molar-refractivity contribution < 1.29 is 9.53 Å². The molecule has 2 unspecified atom stereocenters. The van der Waals surface area contributed by atoms with E-state index in [-0.39, 0.29) is 5.41 Å². The topological polar surface area (TPSA) is 29.5 Å². The standard InChI is InChI=1S/C11H21NO2S/c1-10(6-15-3)12(2)7-11(8-13)4-5-14-9-11/h8,10H,4-7,9H2,1-3H3. The first-order chi connectivity index (χ1) is 7.13. The number of hydrogen-bond acceptors (Lipinski definition) is 4. The van der Waals surface area contributed by atoms with Crippen molar-refractivity contribution in [3.63, 3.8) is 0 Å². The van der Waals surface area contributed by atoms with Crippen LogP contribution in [0.15, 0.2) is 0 Å². The van der Waals surface area contributed by atoms with E-state index in [1.54, 1.807) is 0 Å². The lowest BCUT2D eigenvalue weighted by molar-refractivity contribution is -0.117. The third-order valence-corrected chi connectivity index (χ3v) is 3.92. The summed E-state index contributed by atoms with van der Waals surface area (Å²) in [6.45, 7) is 4.33. The van der Waals surface area contributed by atoms with Crippen molar-refractivity contribution in [1.82, 2.24) is 4.90 Å². The van der Waals surface area contributed by atoms with Crippen molar-refractivity contribution in [2.45, 2.75) is 19.4 Å². The van der Waals surface area contributed by atoms with Crippen LogP contribution in [-0.4, -0.2) is 56.0 Å². The van der Waals surface area contributed by atoms with Gasteiger partial charge in [0.1, 0.15) is 6.29 Å². The molecule has 0 aromatic carbocycles. The SMILES string of the molecule is CSCC(C)N(C)CC1(C=O)CCOC1. The third kappa shape index (κ3) is 3.47. The fourth-order valence-electron chi connectivity index (χ4n) is 1.90. The predicted octanol–water partition coefficient (Wildman–Crippen LogP) is 1.28. The lowest BCUT2D eigenvalue weighted by atomic mass is 9.88. The first kappa shape index (κ1) is 13.0. The molecule has 1 aliphatic rings. The summed E-state index contributed by atoms with van der Waals surface area (Å²) in [6.07, 6.45) is 4.06. The Labute approximate surface area is 96.5 Å². The molecule has 0 N–H and O–H groups in total. The minimum atomic E-state index is -0.249. The molecule has 0 bridgehead atoms. The highest BCUT2D eigenvalue weighted by Gasteiger charge is 2.36. The number of carbonyl (C=O) groups excluding carboxylic acids is 1. The van der Waals surface area contributed by atoms with Crippen LogP contribution in [0.1, 0.15) is 13.3 Å². The van der Waals surface area contributed by atoms with Crippen LogP contribution in [0.25, 0.3) is 0 Å². The second kappa shape index (κ2) is 5.87. The van der Waals surface area contributed by atoms with Crippen LogP contribution in [0, 0.1) is 5.41 Å². The van der Waals surface area contributed by atoms with E-state index in [1.165, 1.54) is 0 Å². The molecule has 15 heavy (non-hydrogen) atoms. The molecule has 1 fully saturated rings. The monoisotopic (exact) mass is 231 g/mol. The van der Waals surface area contributed by atoms with E-state index < -0.39 is 0 Å². The number of hydrogen-bond donors (Lipinski definition) is 0. The molecule has 88 valence electrons. The first-order valence-electron chi connectivity index (χ1n) is 5.37. The fourth-order valence-corrected chi connectivity index (χ4v) is 2.64. The number of carbonyl (C=O) groups is 1. The van der Waals surface area contributed by atoms with Crippen molar-refractivity contribution in [2.24, 2.45) is 5.41 Å². The lowest BCUT2D eigenvalue weighted by Gasteiger charge is -2.31. The average molecular weight is 231 g/mol. The fraction of sp³-hybridized carbons (Fsp3) is 0.909. The molecular formula is C11H21NO2S. The maximum atomic E-state index is 11.1. The molecule has 4 heteroatoms. The zero-order valence-electron chi connectivity index (χ0n) is 9.86. The largest absolute Gasteiger partial charge is 0.380 e. The number of rotatable bonds is 6. The number of nitrogens with zero attached hydrogens (tertiary/aromatic N) is 1. The van der Waals surface area contributed by atoms with Crippen LogP contribution in [-0.2, 0) is 9.53 Å². The Hall–Kier alpha value is -0.0600. The van der Waals surface area contributed by atoms with Crippen molar-refractivity contribution in [3.05, 3.63) is 0 Å². The number of thioether (sulfide) groups is 1. The molecule has 3 nitrogen and oxygen atoms in total. The van der Waals surface area contributed by atoms with Gasteiger partial charge in [0.2, 0.25) is 0 Å². The molecule has 0 saturated carbocycles. The molecule has 1 saturated heterocycles. The van der Waals surface area contributed by atoms with Gasteiger partial charge in [0.05, 0.1) is 12.0 Å². The Morgan fingerprint density at radius 1 is 1.67 bits per heavy atom. The Balaban J connectivity index is 2.47. The highest BCUT2D eigenvalue weighted by atomic mass is 32.2. The molecule has 1 aliphatic heterocycles. The smallest absolute Gasteiger partial charge is 0.129 e. The van der Waals surface area contributed by atoms with E-state index in [9.17, 15) is 4.79 Å². The predicted molar refractivity (Wildman–Crippen MR) is 64.4 cm³/mol. The summed E-state index contributed by atoms with van der Waals surface area (Å²) < 4.78 is 5.33. The number of aldehydes is 1. The van der Waals surface area contributed by atoms with Gasteiger partial charge in [0, 0.05) is 24.9 Å². The summed E-state index contributed by atoms with van der Waals surface area (Å²) in [5.41, 5.74) is -0.249. The Morgan fingerprint density at radius 3 is 2.87 bits per heavy atom. The van der Waals surface area contributed by atoms with Crippen LogP contribution in [0.3, 0.4) is 0 Å². The Kier molecular flexibility index (Phi) is 5.09. The molecule has 0 aromatic rings. The van der Waals surface area contributed by atoms with Gasteiger partial charge in [0.15, 0.2) is 0 Å².